The predicted octanol–water partition coefficient (Wildman–Crippen LogP) is 2.71. The van der Waals surface area contributed by atoms with Crippen LogP contribution in [0.4, 0.5) is 10.5 Å². The Morgan fingerprint density at radius 2 is 2.04 bits per heavy atom. The van der Waals surface area contributed by atoms with E-state index in [2.05, 4.69) is 22.3 Å². The van der Waals surface area contributed by atoms with Gasteiger partial charge in [0.2, 0.25) is 5.91 Å². The van der Waals surface area contributed by atoms with E-state index in [0.29, 0.717) is 13.0 Å². The Bertz CT molecular complexity index is 661. The Morgan fingerprint density at radius 3 is 2.73 bits per heavy atom. The zero-order chi connectivity index (χ0) is 18.5. The molecule has 6 nitrogen and oxygen atoms in total. The molecule has 0 radical (unpaired) electrons. The van der Waals surface area contributed by atoms with Gasteiger partial charge in [-0.15, -0.1) is 0 Å². The maximum absolute atomic E-state index is 12.6. The fraction of sp³-hybridized carbons (Fsp3) is 0.579. The standard InChI is InChI=1S/C19H27N3O3S/c1-14-12-15(13-21-8-10-26-11-9-21)5-6-16(14)20-18(23)17-4-3-7-22(17)19(24)25-2/h5-6,12,17H,3-4,7-11,13H2,1-2H3,(H,20,23). The lowest BCUT2D eigenvalue weighted by molar-refractivity contribution is -0.119. The van der Waals surface area contributed by atoms with Crippen LogP contribution in [-0.4, -0.2) is 66.1 Å². The summed E-state index contributed by atoms with van der Waals surface area (Å²) >= 11 is 2.01. The normalized spacial score (nSPS) is 20.8. The molecule has 0 saturated carbocycles. The first-order valence-electron chi connectivity index (χ1n) is 9.13. The lowest BCUT2D eigenvalue weighted by Crippen LogP contribution is -2.43. The zero-order valence-electron chi connectivity index (χ0n) is 15.5. The van der Waals surface area contributed by atoms with Gasteiger partial charge < -0.3 is 10.1 Å². The van der Waals surface area contributed by atoms with Crippen molar-refractivity contribution in [2.45, 2.75) is 32.4 Å². The second kappa shape index (κ2) is 8.77. The summed E-state index contributed by atoms with van der Waals surface area (Å²) in [4.78, 5) is 28.4. The number of ether oxygens (including phenoxy) is 1. The van der Waals surface area contributed by atoms with Gasteiger partial charge in [-0.25, -0.2) is 4.79 Å². The number of methoxy groups -OCH3 is 1. The van der Waals surface area contributed by atoms with Gasteiger partial charge in [0.15, 0.2) is 0 Å². The van der Waals surface area contributed by atoms with Gasteiger partial charge in [0.05, 0.1) is 7.11 Å². The van der Waals surface area contributed by atoms with E-state index >= 15 is 0 Å². The van der Waals surface area contributed by atoms with Crippen LogP contribution in [0.1, 0.15) is 24.0 Å². The van der Waals surface area contributed by atoms with Crippen LogP contribution in [0.2, 0.25) is 0 Å². The third kappa shape index (κ3) is 4.51. The van der Waals surface area contributed by atoms with Crippen LogP contribution < -0.4 is 5.32 Å². The van der Waals surface area contributed by atoms with Gasteiger partial charge in [0.25, 0.3) is 0 Å². The first-order valence-corrected chi connectivity index (χ1v) is 10.3. The van der Waals surface area contributed by atoms with Crippen molar-refractivity contribution in [3.05, 3.63) is 29.3 Å². The van der Waals surface area contributed by atoms with Crippen molar-refractivity contribution < 1.29 is 14.3 Å². The predicted molar refractivity (Wildman–Crippen MR) is 105 cm³/mol. The monoisotopic (exact) mass is 377 g/mol. The van der Waals surface area contributed by atoms with E-state index in [0.717, 1.165) is 37.3 Å². The first kappa shape index (κ1) is 19.0. The molecule has 1 aromatic rings. The van der Waals surface area contributed by atoms with Gasteiger partial charge in [-0.05, 0) is 37.0 Å². The Labute approximate surface area is 159 Å². The van der Waals surface area contributed by atoms with Crippen LogP contribution in [0.5, 0.6) is 0 Å². The third-order valence-corrected chi connectivity index (χ3v) is 5.97. The number of hydrogen-bond donors (Lipinski definition) is 1. The van der Waals surface area contributed by atoms with Crippen LogP contribution in [0.25, 0.3) is 0 Å². The summed E-state index contributed by atoms with van der Waals surface area (Å²) in [6, 6.07) is 5.74. The summed E-state index contributed by atoms with van der Waals surface area (Å²) in [5.41, 5.74) is 3.12. The molecule has 0 aliphatic carbocycles. The number of amides is 2. The van der Waals surface area contributed by atoms with Crippen LogP contribution in [0.15, 0.2) is 18.2 Å². The van der Waals surface area contributed by atoms with Crippen LogP contribution in [-0.2, 0) is 16.1 Å². The van der Waals surface area contributed by atoms with Crippen LogP contribution >= 0.6 is 11.8 Å². The second-order valence-corrected chi connectivity index (χ2v) is 8.07. The first-order chi connectivity index (χ1) is 12.6. The quantitative estimate of drug-likeness (QED) is 0.874. The Morgan fingerprint density at radius 1 is 1.27 bits per heavy atom. The molecule has 0 aromatic heterocycles. The van der Waals surface area contributed by atoms with Gasteiger partial charge in [0.1, 0.15) is 6.04 Å². The minimum atomic E-state index is -0.452. The van der Waals surface area contributed by atoms with Crippen molar-refractivity contribution in [1.82, 2.24) is 9.80 Å². The van der Waals surface area contributed by atoms with E-state index in [1.54, 1.807) is 0 Å². The molecule has 26 heavy (non-hydrogen) atoms. The highest BCUT2D eigenvalue weighted by Gasteiger charge is 2.34. The highest BCUT2D eigenvalue weighted by Crippen LogP contribution is 2.23. The number of nitrogens with zero attached hydrogens (tertiary/aromatic N) is 2. The van der Waals surface area contributed by atoms with E-state index in [1.165, 1.54) is 29.1 Å². The van der Waals surface area contributed by atoms with E-state index in [-0.39, 0.29) is 5.91 Å². The fourth-order valence-electron chi connectivity index (χ4n) is 3.57. The summed E-state index contributed by atoms with van der Waals surface area (Å²) in [7, 11) is 1.35. The molecule has 2 heterocycles. The second-order valence-electron chi connectivity index (χ2n) is 6.85. The number of likely N-dealkylation sites (tertiary alicyclic amines) is 1. The van der Waals surface area contributed by atoms with E-state index in [1.807, 2.05) is 24.8 Å². The number of hydrogen-bond acceptors (Lipinski definition) is 5. The zero-order valence-corrected chi connectivity index (χ0v) is 16.3. The maximum Gasteiger partial charge on any atom is 0.410 e. The molecular formula is C19H27N3O3S. The molecule has 142 valence electrons. The molecule has 0 bridgehead atoms. The molecule has 1 N–H and O–H groups in total. The summed E-state index contributed by atoms with van der Waals surface area (Å²) in [6.45, 7) is 5.80. The van der Waals surface area contributed by atoms with Gasteiger partial charge >= 0.3 is 6.09 Å². The lowest BCUT2D eigenvalue weighted by atomic mass is 10.1. The number of carbonyl (C=O) groups is 2. The molecule has 7 heteroatoms. The Balaban J connectivity index is 1.62. The van der Waals surface area contributed by atoms with E-state index < -0.39 is 12.1 Å². The molecule has 2 saturated heterocycles. The molecule has 1 unspecified atom stereocenters. The minimum absolute atomic E-state index is 0.142. The molecule has 3 rings (SSSR count). The van der Waals surface area contributed by atoms with Crippen LogP contribution in [0, 0.1) is 6.92 Å². The number of rotatable bonds is 4. The van der Waals surface area contributed by atoms with Gasteiger partial charge in [-0.2, -0.15) is 11.8 Å². The molecule has 2 fully saturated rings. The van der Waals surface area contributed by atoms with Crippen molar-refractivity contribution in [2.75, 3.05) is 43.6 Å². The molecule has 2 aliphatic heterocycles. The number of anilines is 1. The van der Waals surface area contributed by atoms with Crippen molar-refractivity contribution in [1.29, 1.82) is 0 Å². The minimum Gasteiger partial charge on any atom is -0.453 e. The molecule has 0 spiro atoms. The smallest absolute Gasteiger partial charge is 0.410 e. The molecule has 2 amide bonds. The number of thioether (sulfide) groups is 1. The lowest BCUT2D eigenvalue weighted by Gasteiger charge is -2.26. The molecule has 1 atom stereocenters. The Kier molecular flexibility index (Phi) is 6.43. The molecule has 2 aliphatic rings. The topological polar surface area (TPSA) is 61.9 Å². The highest BCUT2D eigenvalue weighted by atomic mass is 32.2. The fourth-order valence-corrected chi connectivity index (χ4v) is 4.55. The SMILES string of the molecule is COC(=O)N1CCCC1C(=O)Nc1ccc(CN2CCSCC2)cc1C. The number of benzene rings is 1. The number of aryl methyl sites for hydroxylation is 1. The summed E-state index contributed by atoms with van der Waals surface area (Å²) in [6.07, 6.45) is 1.05. The Hall–Kier alpha value is -1.73. The third-order valence-electron chi connectivity index (χ3n) is 5.02. The van der Waals surface area contributed by atoms with Gasteiger partial charge in [-0.3, -0.25) is 14.6 Å². The maximum atomic E-state index is 12.6. The van der Waals surface area contributed by atoms with Crippen LogP contribution in [0.3, 0.4) is 0 Å². The number of nitrogens with one attached hydrogen (secondary N) is 1. The van der Waals surface area contributed by atoms with E-state index in [9.17, 15) is 9.59 Å². The highest BCUT2D eigenvalue weighted by molar-refractivity contribution is 7.99. The average molecular weight is 378 g/mol. The van der Waals surface area contributed by atoms with Gasteiger partial charge in [0, 0.05) is 43.4 Å². The summed E-state index contributed by atoms with van der Waals surface area (Å²) < 4.78 is 4.78. The van der Waals surface area contributed by atoms with Crippen molar-refractivity contribution in [3.8, 4) is 0 Å². The van der Waals surface area contributed by atoms with Gasteiger partial charge in [-0.1, -0.05) is 12.1 Å². The van der Waals surface area contributed by atoms with E-state index in [4.69, 9.17) is 4.74 Å². The average Bonchev–Trinajstić information content (AvgIpc) is 3.14. The van der Waals surface area contributed by atoms with Crippen molar-refractivity contribution in [2.24, 2.45) is 0 Å². The molecule has 1 aromatic carbocycles. The van der Waals surface area contributed by atoms with Crippen molar-refractivity contribution >= 4 is 29.4 Å². The molecular weight excluding hydrogens is 350 g/mol. The number of carbonyl (C=O) groups excluding carboxylic acids is 2. The van der Waals surface area contributed by atoms with Crippen molar-refractivity contribution in [3.63, 3.8) is 0 Å². The summed E-state index contributed by atoms with van der Waals surface area (Å²) in [5, 5.41) is 2.99. The summed E-state index contributed by atoms with van der Waals surface area (Å²) in [5.74, 6) is 2.26. The largest absolute Gasteiger partial charge is 0.453 e.